The molecule has 0 N–H and O–H groups in total. The second kappa shape index (κ2) is 13.4. The van der Waals surface area contributed by atoms with E-state index in [4.69, 9.17) is 9.47 Å². The van der Waals surface area contributed by atoms with Crippen LogP contribution in [0.1, 0.15) is 69.4 Å². The molecule has 1 aliphatic carbocycles. The van der Waals surface area contributed by atoms with Gasteiger partial charge >= 0.3 is 0 Å². The Morgan fingerprint density at radius 2 is 1.79 bits per heavy atom. The number of piperidine rings is 1. The Morgan fingerprint density at radius 1 is 1.03 bits per heavy atom. The molecular weight excluding hydrogens is 488 g/mol. The van der Waals surface area contributed by atoms with Gasteiger partial charge in [-0.05, 0) is 92.5 Å². The van der Waals surface area contributed by atoms with Gasteiger partial charge < -0.3 is 19.3 Å². The van der Waals surface area contributed by atoms with Crippen molar-refractivity contribution in [1.29, 1.82) is 0 Å². The van der Waals surface area contributed by atoms with Gasteiger partial charge in [-0.2, -0.15) is 0 Å². The van der Waals surface area contributed by atoms with Gasteiger partial charge in [-0.3, -0.25) is 4.79 Å². The minimum absolute atomic E-state index is 0.119. The lowest BCUT2D eigenvalue weighted by Gasteiger charge is -2.31. The fourth-order valence-corrected chi connectivity index (χ4v) is 6.21. The number of amides is 1. The Bertz CT molecular complexity index is 1090. The first-order valence-electron chi connectivity index (χ1n) is 14.9. The molecule has 7 nitrogen and oxygen atoms in total. The smallest absolute Gasteiger partial charge is 0.226 e. The molecule has 1 amide bonds. The van der Waals surface area contributed by atoms with E-state index in [1.165, 1.54) is 16.7 Å². The minimum atomic E-state index is 0.119. The number of hydrogen-bond donors (Lipinski definition) is 0. The van der Waals surface area contributed by atoms with E-state index in [0.717, 1.165) is 102 Å². The van der Waals surface area contributed by atoms with Crippen LogP contribution in [0.2, 0.25) is 0 Å². The molecule has 1 aromatic heterocycles. The highest BCUT2D eigenvalue weighted by Crippen LogP contribution is 2.34. The maximum Gasteiger partial charge on any atom is 0.226 e. The molecule has 0 bridgehead atoms. The van der Waals surface area contributed by atoms with E-state index >= 15 is 0 Å². The summed E-state index contributed by atoms with van der Waals surface area (Å²) in [7, 11) is 1.74. The lowest BCUT2D eigenvalue weighted by atomic mass is 9.85. The Balaban J connectivity index is 1.06. The number of anilines is 1. The van der Waals surface area contributed by atoms with Gasteiger partial charge in [0.15, 0.2) is 0 Å². The van der Waals surface area contributed by atoms with Crippen molar-refractivity contribution in [3.05, 3.63) is 53.9 Å². The number of hydrogen-bond acceptors (Lipinski definition) is 6. The lowest BCUT2D eigenvalue weighted by molar-refractivity contribution is -0.136. The molecule has 2 fully saturated rings. The number of likely N-dealkylation sites (tertiary alicyclic amines) is 1. The van der Waals surface area contributed by atoms with E-state index < -0.39 is 0 Å². The fourth-order valence-electron chi connectivity index (χ4n) is 6.21. The van der Waals surface area contributed by atoms with Crippen LogP contribution in [0, 0.1) is 11.8 Å². The van der Waals surface area contributed by atoms with E-state index in [-0.39, 0.29) is 5.92 Å². The Labute approximate surface area is 233 Å². The van der Waals surface area contributed by atoms with Gasteiger partial charge in [0.2, 0.25) is 11.9 Å². The number of nitrogens with zero attached hydrogens (tertiary/aromatic N) is 4. The van der Waals surface area contributed by atoms with E-state index in [1.54, 1.807) is 7.11 Å². The standard InChI is InChI=1S/C32H44N4O3/c1-3-24-21-33-32(34-22-24)35-18-14-25(15-19-35)23-39-30-12-10-27(11-13-30)26-6-8-28(9-7-26)31(37)36-17-4-5-29(36)16-20-38-2/h6,10-13,21-22,25,28-29H,3-5,7-9,14-20,23H2,1-2H3. The van der Waals surface area contributed by atoms with Gasteiger partial charge in [0.05, 0.1) is 6.61 Å². The first-order chi connectivity index (χ1) is 19.1. The predicted octanol–water partition coefficient (Wildman–Crippen LogP) is 5.55. The number of aryl methyl sites for hydroxylation is 1. The van der Waals surface area contributed by atoms with Crippen molar-refractivity contribution in [2.24, 2.45) is 11.8 Å². The van der Waals surface area contributed by atoms with Crippen LogP contribution in [0.3, 0.4) is 0 Å². The van der Waals surface area contributed by atoms with Crippen LogP contribution >= 0.6 is 0 Å². The molecular formula is C32H44N4O3. The van der Waals surface area contributed by atoms with E-state index in [1.807, 2.05) is 12.4 Å². The van der Waals surface area contributed by atoms with Crippen LogP contribution in [0.5, 0.6) is 5.75 Å². The average Bonchev–Trinajstić information content (AvgIpc) is 3.48. The molecule has 2 unspecified atom stereocenters. The third-order valence-electron chi connectivity index (χ3n) is 8.78. The largest absolute Gasteiger partial charge is 0.493 e. The monoisotopic (exact) mass is 532 g/mol. The molecule has 0 saturated carbocycles. The molecule has 2 atom stereocenters. The summed E-state index contributed by atoms with van der Waals surface area (Å²) in [6.45, 7) is 6.45. The van der Waals surface area contributed by atoms with Crippen molar-refractivity contribution in [3.8, 4) is 5.75 Å². The summed E-state index contributed by atoms with van der Waals surface area (Å²) in [4.78, 5) is 26.7. The number of allylic oxidation sites excluding steroid dienone is 2. The average molecular weight is 533 g/mol. The zero-order valence-electron chi connectivity index (χ0n) is 23.7. The summed E-state index contributed by atoms with van der Waals surface area (Å²) in [6, 6.07) is 8.89. The summed E-state index contributed by atoms with van der Waals surface area (Å²) in [6.07, 6.45) is 15.2. The van der Waals surface area contributed by atoms with Crippen molar-refractivity contribution in [3.63, 3.8) is 0 Å². The quantitative estimate of drug-likeness (QED) is 0.400. The lowest BCUT2D eigenvalue weighted by Crippen LogP contribution is -2.40. The molecule has 210 valence electrons. The summed E-state index contributed by atoms with van der Waals surface area (Å²) in [5, 5.41) is 0. The van der Waals surface area contributed by atoms with E-state index in [2.05, 4.69) is 57.0 Å². The molecule has 39 heavy (non-hydrogen) atoms. The van der Waals surface area contributed by atoms with Gasteiger partial charge in [0, 0.05) is 57.7 Å². The zero-order chi connectivity index (χ0) is 27.0. The van der Waals surface area contributed by atoms with Crippen molar-refractivity contribution >= 4 is 17.4 Å². The number of ether oxygens (including phenoxy) is 2. The van der Waals surface area contributed by atoms with Crippen LogP contribution in [0.25, 0.3) is 5.57 Å². The third kappa shape index (κ3) is 6.99. The van der Waals surface area contributed by atoms with Gasteiger partial charge in [-0.25, -0.2) is 9.97 Å². The van der Waals surface area contributed by atoms with Crippen LogP contribution < -0.4 is 9.64 Å². The molecule has 2 aromatic rings. The van der Waals surface area contributed by atoms with Gasteiger partial charge in [0.1, 0.15) is 5.75 Å². The topological polar surface area (TPSA) is 67.8 Å². The highest BCUT2D eigenvalue weighted by Gasteiger charge is 2.33. The second-order valence-electron chi connectivity index (χ2n) is 11.3. The fraction of sp³-hybridized carbons (Fsp3) is 0.594. The van der Waals surface area contributed by atoms with Crippen molar-refractivity contribution in [1.82, 2.24) is 14.9 Å². The number of carbonyl (C=O) groups is 1. The molecule has 3 heterocycles. The maximum atomic E-state index is 13.2. The summed E-state index contributed by atoms with van der Waals surface area (Å²) < 4.78 is 11.4. The van der Waals surface area contributed by atoms with Crippen LogP contribution in [-0.4, -0.2) is 66.8 Å². The Hall–Kier alpha value is -2.93. The zero-order valence-corrected chi connectivity index (χ0v) is 23.7. The number of carbonyl (C=O) groups excluding carboxylic acids is 1. The third-order valence-corrected chi connectivity index (χ3v) is 8.78. The van der Waals surface area contributed by atoms with Crippen LogP contribution in [0.15, 0.2) is 42.7 Å². The van der Waals surface area contributed by atoms with Gasteiger partial charge in [0.25, 0.3) is 0 Å². The first-order valence-corrected chi connectivity index (χ1v) is 14.9. The molecule has 2 saturated heterocycles. The molecule has 0 spiro atoms. The molecule has 0 radical (unpaired) electrons. The van der Waals surface area contributed by atoms with Crippen LogP contribution in [-0.2, 0) is 16.0 Å². The summed E-state index contributed by atoms with van der Waals surface area (Å²) >= 11 is 0. The van der Waals surface area contributed by atoms with E-state index in [9.17, 15) is 4.79 Å². The van der Waals surface area contributed by atoms with Crippen LogP contribution in [0.4, 0.5) is 5.95 Å². The normalized spacial score (nSPS) is 22.2. The van der Waals surface area contributed by atoms with Gasteiger partial charge in [-0.15, -0.1) is 0 Å². The van der Waals surface area contributed by atoms with Crippen molar-refractivity contribution in [2.45, 2.75) is 70.8 Å². The van der Waals surface area contributed by atoms with Crippen molar-refractivity contribution < 1.29 is 14.3 Å². The second-order valence-corrected chi connectivity index (χ2v) is 11.3. The number of benzene rings is 1. The van der Waals surface area contributed by atoms with Crippen molar-refractivity contribution in [2.75, 3.05) is 44.9 Å². The minimum Gasteiger partial charge on any atom is -0.493 e. The summed E-state index contributed by atoms with van der Waals surface area (Å²) in [5.74, 6) is 2.79. The predicted molar refractivity (Wildman–Crippen MR) is 155 cm³/mol. The Kier molecular flexibility index (Phi) is 9.51. The molecule has 3 aliphatic rings. The summed E-state index contributed by atoms with van der Waals surface area (Å²) in [5.41, 5.74) is 3.77. The molecule has 5 rings (SSSR count). The first kappa shape index (κ1) is 27.6. The molecule has 2 aliphatic heterocycles. The number of aromatic nitrogens is 2. The molecule has 7 heteroatoms. The van der Waals surface area contributed by atoms with Gasteiger partial charge in [-0.1, -0.05) is 25.1 Å². The Morgan fingerprint density at radius 3 is 2.46 bits per heavy atom. The molecule has 1 aromatic carbocycles. The van der Waals surface area contributed by atoms with E-state index in [0.29, 0.717) is 17.9 Å². The number of rotatable bonds is 10. The maximum absolute atomic E-state index is 13.2. The SMILES string of the molecule is CCc1cnc(N2CCC(COc3ccc(C4=CCC(C(=O)N5CCCC5CCOC)CC4)cc3)CC2)nc1. The highest BCUT2D eigenvalue weighted by atomic mass is 16.5. The number of methoxy groups -OCH3 is 1. The highest BCUT2D eigenvalue weighted by molar-refractivity contribution is 5.81.